The summed E-state index contributed by atoms with van der Waals surface area (Å²) in [5.74, 6) is -0.169. The van der Waals surface area contributed by atoms with E-state index in [4.69, 9.17) is 4.74 Å². The molecule has 1 fully saturated rings. The Labute approximate surface area is 114 Å². The van der Waals surface area contributed by atoms with Crippen LogP contribution in [0.15, 0.2) is 0 Å². The zero-order chi connectivity index (χ0) is 14.5. The highest BCUT2D eigenvalue weighted by Crippen LogP contribution is 2.07. The molecule has 0 radical (unpaired) electrons. The fourth-order valence-corrected chi connectivity index (χ4v) is 1.84. The van der Waals surface area contributed by atoms with Gasteiger partial charge in [0.25, 0.3) is 0 Å². The highest BCUT2D eigenvalue weighted by Gasteiger charge is 2.23. The van der Waals surface area contributed by atoms with E-state index in [2.05, 4.69) is 16.0 Å². The van der Waals surface area contributed by atoms with Gasteiger partial charge in [0.1, 0.15) is 11.6 Å². The number of piperidine rings is 1. The molecule has 0 spiro atoms. The van der Waals surface area contributed by atoms with Gasteiger partial charge in [-0.05, 0) is 53.6 Å². The Balaban J connectivity index is 2.33. The van der Waals surface area contributed by atoms with Gasteiger partial charge in [0.05, 0.1) is 0 Å². The average molecular weight is 271 g/mol. The van der Waals surface area contributed by atoms with Gasteiger partial charge in [-0.1, -0.05) is 0 Å². The number of hydrogen-bond acceptors (Lipinski definition) is 4. The molecule has 0 saturated carbocycles. The van der Waals surface area contributed by atoms with Crippen molar-refractivity contribution >= 4 is 12.0 Å². The number of alkyl carbamates (subject to hydrolysis) is 1. The van der Waals surface area contributed by atoms with Crippen LogP contribution in [0.25, 0.3) is 0 Å². The monoisotopic (exact) mass is 271 g/mol. The van der Waals surface area contributed by atoms with Crippen molar-refractivity contribution in [1.82, 2.24) is 16.0 Å². The number of carbonyl (C=O) groups is 2. The quantitative estimate of drug-likeness (QED) is 0.708. The van der Waals surface area contributed by atoms with Gasteiger partial charge in [-0.25, -0.2) is 4.79 Å². The van der Waals surface area contributed by atoms with Crippen LogP contribution in [0.1, 0.15) is 40.5 Å². The molecule has 0 bridgehead atoms. The van der Waals surface area contributed by atoms with Gasteiger partial charge in [0.2, 0.25) is 5.91 Å². The Morgan fingerprint density at radius 1 is 1.26 bits per heavy atom. The molecule has 2 amide bonds. The van der Waals surface area contributed by atoms with Crippen molar-refractivity contribution in [3.8, 4) is 0 Å². The summed E-state index contributed by atoms with van der Waals surface area (Å²) in [4.78, 5) is 23.5. The molecular weight excluding hydrogens is 246 g/mol. The molecule has 0 aromatic rings. The highest BCUT2D eigenvalue weighted by molar-refractivity contribution is 5.85. The molecule has 0 aromatic heterocycles. The second kappa shape index (κ2) is 6.75. The van der Waals surface area contributed by atoms with Crippen molar-refractivity contribution in [1.29, 1.82) is 0 Å². The van der Waals surface area contributed by atoms with E-state index >= 15 is 0 Å². The third kappa shape index (κ3) is 6.42. The Morgan fingerprint density at radius 2 is 1.84 bits per heavy atom. The summed E-state index contributed by atoms with van der Waals surface area (Å²) in [7, 11) is 0. The van der Waals surface area contributed by atoms with E-state index in [1.54, 1.807) is 27.7 Å². The van der Waals surface area contributed by atoms with Crippen LogP contribution in [0.4, 0.5) is 4.79 Å². The average Bonchev–Trinajstić information content (AvgIpc) is 2.27. The molecule has 3 N–H and O–H groups in total. The standard InChI is InChI=1S/C13H25N3O3/c1-9(15-12(18)19-13(2,3)4)11(17)16-10-5-7-14-8-6-10/h9-10,14H,5-8H2,1-4H3,(H,15,18)(H,16,17)/t9-/m0/s1. The summed E-state index contributed by atoms with van der Waals surface area (Å²) in [5, 5.41) is 8.71. The van der Waals surface area contributed by atoms with Crippen LogP contribution in [-0.4, -0.2) is 42.8 Å². The van der Waals surface area contributed by atoms with Crippen molar-refractivity contribution in [2.24, 2.45) is 0 Å². The van der Waals surface area contributed by atoms with Crippen LogP contribution in [0, 0.1) is 0 Å². The van der Waals surface area contributed by atoms with Gasteiger partial charge in [0, 0.05) is 6.04 Å². The topological polar surface area (TPSA) is 79.5 Å². The van der Waals surface area contributed by atoms with Crippen LogP contribution in [0.3, 0.4) is 0 Å². The van der Waals surface area contributed by atoms with Crippen LogP contribution in [-0.2, 0) is 9.53 Å². The number of nitrogens with one attached hydrogen (secondary N) is 3. The van der Waals surface area contributed by atoms with Gasteiger partial charge in [-0.3, -0.25) is 4.79 Å². The molecule has 1 heterocycles. The highest BCUT2D eigenvalue weighted by atomic mass is 16.6. The zero-order valence-corrected chi connectivity index (χ0v) is 12.2. The number of rotatable bonds is 3. The molecule has 1 aliphatic rings. The van der Waals surface area contributed by atoms with Crippen molar-refractivity contribution in [2.45, 2.75) is 58.2 Å². The van der Waals surface area contributed by atoms with Crippen molar-refractivity contribution < 1.29 is 14.3 Å². The van der Waals surface area contributed by atoms with Crippen molar-refractivity contribution in [3.63, 3.8) is 0 Å². The van der Waals surface area contributed by atoms with Crippen LogP contribution in [0.5, 0.6) is 0 Å². The van der Waals surface area contributed by atoms with E-state index < -0.39 is 17.7 Å². The van der Waals surface area contributed by atoms with Crippen molar-refractivity contribution in [2.75, 3.05) is 13.1 Å². The van der Waals surface area contributed by atoms with Gasteiger partial charge in [-0.2, -0.15) is 0 Å². The lowest BCUT2D eigenvalue weighted by atomic mass is 10.1. The lowest BCUT2D eigenvalue weighted by Gasteiger charge is -2.26. The van der Waals surface area contributed by atoms with Crippen LogP contribution >= 0.6 is 0 Å². The number of hydrogen-bond donors (Lipinski definition) is 3. The third-order valence-corrected chi connectivity index (χ3v) is 2.81. The SMILES string of the molecule is C[C@H](NC(=O)OC(C)(C)C)C(=O)NC1CCNCC1. The fraction of sp³-hybridized carbons (Fsp3) is 0.846. The third-order valence-electron chi connectivity index (χ3n) is 2.81. The molecule has 6 heteroatoms. The molecular formula is C13H25N3O3. The maximum absolute atomic E-state index is 11.9. The minimum absolute atomic E-state index is 0.169. The smallest absolute Gasteiger partial charge is 0.408 e. The first-order valence-corrected chi connectivity index (χ1v) is 6.78. The molecule has 0 aliphatic carbocycles. The summed E-state index contributed by atoms with van der Waals surface area (Å²) >= 11 is 0. The summed E-state index contributed by atoms with van der Waals surface area (Å²) < 4.78 is 5.11. The molecule has 19 heavy (non-hydrogen) atoms. The normalized spacial score (nSPS) is 18.5. The first-order valence-electron chi connectivity index (χ1n) is 6.78. The van der Waals surface area contributed by atoms with E-state index in [9.17, 15) is 9.59 Å². The molecule has 0 unspecified atom stereocenters. The van der Waals surface area contributed by atoms with Crippen molar-refractivity contribution in [3.05, 3.63) is 0 Å². The second-order valence-corrected chi connectivity index (χ2v) is 5.90. The summed E-state index contributed by atoms with van der Waals surface area (Å²) in [6.07, 6.45) is 1.27. The molecule has 1 aliphatic heterocycles. The van der Waals surface area contributed by atoms with Crippen LogP contribution in [0.2, 0.25) is 0 Å². The molecule has 1 rings (SSSR count). The predicted octanol–water partition coefficient (Wildman–Crippen LogP) is 0.768. The summed E-state index contributed by atoms with van der Waals surface area (Å²) in [6, 6.07) is -0.402. The van der Waals surface area contributed by atoms with E-state index in [1.165, 1.54) is 0 Å². The molecule has 6 nitrogen and oxygen atoms in total. The lowest BCUT2D eigenvalue weighted by molar-refractivity contribution is -0.123. The van der Waals surface area contributed by atoms with Crippen LogP contribution < -0.4 is 16.0 Å². The van der Waals surface area contributed by atoms with E-state index in [-0.39, 0.29) is 11.9 Å². The molecule has 1 atom stereocenters. The Morgan fingerprint density at radius 3 is 2.37 bits per heavy atom. The number of amides is 2. The largest absolute Gasteiger partial charge is 0.444 e. The van der Waals surface area contributed by atoms with E-state index in [1.807, 2.05) is 0 Å². The summed E-state index contributed by atoms with van der Waals surface area (Å²) in [6.45, 7) is 8.84. The second-order valence-electron chi connectivity index (χ2n) is 5.90. The van der Waals surface area contributed by atoms with E-state index in [0.717, 1.165) is 25.9 Å². The first kappa shape index (κ1) is 15.8. The Hall–Kier alpha value is -1.30. The summed E-state index contributed by atoms with van der Waals surface area (Å²) in [5.41, 5.74) is -0.560. The van der Waals surface area contributed by atoms with Gasteiger partial charge >= 0.3 is 6.09 Å². The number of ether oxygens (including phenoxy) is 1. The van der Waals surface area contributed by atoms with E-state index in [0.29, 0.717) is 0 Å². The fourth-order valence-electron chi connectivity index (χ4n) is 1.84. The van der Waals surface area contributed by atoms with Gasteiger partial charge < -0.3 is 20.7 Å². The lowest BCUT2D eigenvalue weighted by Crippen LogP contribution is -2.51. The molecule has 110 valence electrons. The first-order chi connectivity index (χ1) is 8.78. The molecule has 1 saturated heterocycles. The predicted molar refractivity (Wildman–Crippen MR) is 72.9 cm³/mol. The Kier molecular flexibility index (Phi) is 5.60. The van der Waals surface area contributed by atoms with Gasteiger partial charge in [-0.15, -0.1) is 0 Å². The number of carbonyl (C=O) groups excluding carboxylic acids is 2. The van der Waals surface area contributed by atoms with Gasteiger partial charge in [0.15, 0.2) is 0 Å². The minimum atomic E-state index is -0.593. The molecule has 0 aromatic carbocycles. The zero-order valence-electron chi connectivity index (χ0n) is 12.2. The maximum atomic E-state index is 11.9. The minimum Gasteiger partial charge on any atom is -0.444 e. The Bertz CT molecular complexity index is 320. The maximum Gasteiger partial charge on any atom is 0.408 e.